The molecule has 1 aliphatic rings. The first-order chi connectivity index (χ1) is 7.52. The molecule has 0 aromatic heterocycles. The van der Waals surface area contributed by atoms with Crippen molar-refractivity contribution in [2.24, 2.45) is 0 Å². The topological polar surface area (TPSA) is 12.0 Å². The second-order valence-corrected chi connectivity index (χ2v) is 5.68. The van der Waals surface area contributed by atoms with Crippen molar-refractivity contribution in [3.8, 4) is 0 Å². The minimum absolute atomic E-state index is 0.145. The van der Waals surface area contributed by atoms with Crippen molar-refractivity contribution in [2.45, 2.75) is 44.6 Å². The van der Waals surface area contributed by atoms with Crippen LogP contribution in [-0.2, 0) is 5.41 Å². The van der Waals surface area contributed by atoms with E-state index in [2.05, 4.69) is 44.3 Å². The van der Waals surface area contributed by atoms with Gasteiger partial charge in [0, 0.05) is 16.0 Å². The first-order valence-corrected chi connectivity index (χ1v) is 6.41. The van der Waals surface area contributed by atoms with Crippen LogP contribution < -0.4 is 5.32 Å². The Morgan fingerprint density at radius 1 is 1.38 bits per heavy atom. The molecule has 2 rings (SSSR count). The van der Waals surface area contributed by atoms with Gasteiger partial charge in [0.2, 0.25) is 0 Å². The number of hydrogen-bond donors (Lipinski definition) is 1. The normalized spacial score (nSPS) is 28.2. The van der Waals surface area contributed by atoms with Gasteiger partial charge in [0.25, 0.3) is 0 Å². The van der Waals surface area contributed by atoms with E-state index in [0.29, 0.717) is 0 Å². The van der Waals surface area contributed by atoms with Crippen LogP contribution in [0.3, 0.4) is 0 Å². The lowest BCUT2D eigenvalue weighted by Crippen LogP contribution is -2.49. The summed E-state index contributed by atoms with van der Waals surface area (Å²) in [5, 5.41) is 4.45. The lowest BCUT2D eigenvalue weighted by molar-refractivity contribution is 0.263. The fourth-order valence-corrected chi connectivity index (χ4v) is 3.37. The smallest absolute Gasteiger partial charge is 0.0408 e. The summed E-state index contributed by atoms with van der Waals surface area (Å²) in [5.74, 6) is 0. The van der Waals surface area contributed by atoms with Crippen LogP contribution in [0.5, 0.6) is 0 Å². The van der Waals surface area contributed by atoms with Gasteiger partial charge in [-0.05, 0) is 50.9 Å². The predicted molar refractivity (Wildman–Crippen MR) is 70.1 cm³/mol. The highest BCUT2D eigenvalue weighted by Gasteiger charge is 2.48. The van der Waals surface area contributed by atoms with Gasteiger partial charge in [0.05, 0.1) is 0 Å². The van der Waals surface area contributed by atoms with E-state index in [1.807, 2.05) is 6.07 Å². The van der Waals surface area contributed by atoms with Crippen LogP contribution in [0.2, 0.25) is 5.02 Å². The Balaban J connectivity index is 2.50. The van der Waals surface area contributed by atoms with Gasteiger partial charge in [0.15, 0.2) is 0 Å². The maximum atomic E-state index is 6.11. The molecule has 88 valence electrons. The van der Waals surface area contributed by atoms with Crippen LogP contribution in [0, 0.1) is 0 Å². The standard InChI is InChI=1S/C14H20ClN/c1-4-14(8-9-16-13(14,2)3)11-6-5-7-12(15)10-11/h5-7,10,16H,4,8-9H2,1-3H3. The van der Waals surface area contributed by atoms with Crippen LogP contribution in [0.25, 0.3) is 0 Å². The summed E-state index contributed by atoms with van der Waals surface area (Å²) in [7, 11) is 0. The molecule has 1 aromatic carbocycles. The number of rotatable bonds is 2. The van der Waals surface area contributed by atoms with Crippen molar-refractivity contribution in [2.75, 3.05) is 6.54 Å². The lowest BCUT2D eigenvalue weighted by Gasteiger charge is -2.41. The van der Waals surface area contributed by atoms with Crippen LogP contribution >= 0.6 is 11.6 Å². The number of halogens is 1. The molecule has 1 nitrogen and oxygen atoms in total. The zero-order chi connectivity index (χ0) is 11.8. The van der Waals surface area contributed by atoms with Crippen molar-refractivity contribution in [3.05, 3.63) is 34.9 Å². The van der Waals surface area contributed by atoms with Gasteiger partial charge in [-0.15, -0.1) is 0 Å². The second-order valence-electron chi connectivity index (χ2n) is 5.25. The second kappa shape index (κ2) is 4.05. The first kappa shape index (κ1) is 11.9. The van der Waals surface area contributed by atoms with Crippen LogP contribution in [0.1, 0.15) is 39.2 Å². The lowest BCUT2D eigenvalue weighted by atomic mass is 9.66. The Morgan fingerprint density at radius 3 is 2.62 bits per heavy atom. The Morgan fingerprint density at radius 2 is 2.12 bits per heavy atom. The fourth-order valence-electron chi connectivity index (χ4n) is 3.18. The van der Waals surface area contributed by atoms with E-state index in [4.69, 9.17) is 11.6 Å². The molecule has 0 bridgehead atoms. The molecule has 0 aliphatic carbocycles. The third-order valence-corrected chi connectivity index (χ3v) is 4.53. The fraction of sp³-hybridized carbons (Fsp3) is 0.571. The highest BCUT2D eigenvalue weighted by atomic mass is 35.5. The van der Waals surface area contributed by atoms with E-state index in [-0.39, 0.29) is 11.0 Å². The maximum absolute atomic E-state index is 6.11. The molecule has 16 heavy (non-hydrogen) atoms. The molecule has 1 aliphatic heterocycles. The monoisotopic (exact) mass is 237 g/mol. The Kier molecular flexibility index (Phi) is 3.02. The summed E-state index contributed by atoms with van der Waals surface area (Å²) < 4.78 is 0. The molecule has 1 unspecified atom stereocenters. The van der Waals surface area contributed by atoms with Gasteiger partial charge in [0.1, 0.15) is 0 Å². The van der Waals surface area contributed by atoms with Crippen molar-refractivity contribution in [1.29, 1.82) is 0 Å². The van der Waals surface area contributed by atoms with Gasteiger partial charge in [-0.3, -0.25) is 0 Å². The van der Waals surface area contributed by atoms with E-state index in [1.54, 1.807) is 0 Å². The summed E-state index contributed by atoms with van der Waals surface area (Å²) in [6.07, 6.45) is 2.34. The number of hydrogen-bond acceptors (Lipinski definition) is 1. The van der Waals surface area contributed by atoms with E-state index in [0.717, 1.165) is 18.0 Å². The predicted octanol–water partition coefficient (Wildman–Crippen LogP) is 3.76. The summed E-state index contributed by atoms with van der Waals surface area (Å²) in [5.41, 5.74) is 1.74. The number of benzene rings is 1. The van der Waals surface area contributed by atoms with Crippen molar-refractivity contribution in [3.63, 3.8) is 0 Å². The summed E-state index contributed by atoms with van der Waals surface area (Å²) >= 11 is 6.11. The van der Waals surface area contributed by atoms with Gasteiger partial charge in [-0.1, -0.05) is 30.7 Å². The molecule has 1 fully saturated rings. The molecule has 1 aromatic rings. The van der Waals surface area contributed by atoms with Crippen molar-refractivity contribution >= 4 is 11.6 Å². The minimum Gasteiger partial charge on any atom is -0.311 e. The molecule has 0 spiro atoms. The molecule has 0 saturated carbocycles. The highest BCUT2D eigenvalue weighted by Crippen LogP contribution is 2.45. The Bertz CT molecular complexity index is 386. The average molecular weight is 238 g/mol. The largest absolute Gasteiger partial charge is 0.311 e. The molecule has 1 atom stereocenters. The van der Waals surface area contributed by atoms with E-state index in [1.165, 1.54) is 12.0 Å². The van der Waals surface area contributed by atoms with Crippen LogP contribution in [0.15, 0.2) is 24.3 Å². The molecular weight excluding hydrogens is 218 g/mol. The van der Waals surface area contributed by atoms with Crippen LogP contribution in [0.4, 0.5) is 0 Å². The van der Waals surface area contributed by atoms with Gasteiger partial charge in [-0.2, -0.15) is 0 Å². The summed E-state index contributed by atoms with van der Waals surface area (Å²) in [6.45, 7) is 7.96. The van der Waals surface area contributed by atoms with Gasteiger partial charge < -0.3 is 5.32 Å². The molecule has 0 radical (unpaired) electrons. The third kappa shape index (κ3) is 1.66. The van der Waals surface area contributed by atoms with Gasteiger partial charge in [-0.25, -0.2) is 0 Å². The van der Waals surface area contributed by atoms with E-state index >= 15 is 0 Å². The highest BCUT2D eigenvalue weighted by molar-refractivity contribution is 6.30. The minimum atomic E-state index is 0.145. The SMILES string of the molecule is CCC1(c2cccc(Cl)c2)CCNC1(C)C. The summed E-state index contributed by atoms with van der Waals surface area (Å²) in [4.78, 5) is 0. The molecule has 1 heterocycles. The van der Waals surface area contributed by atoms with Crippen LogP contribution in [-0.4, -0.2) is 12.1 Å². The Labute approximate surface area is 103 Å². The molecule has 2 heteroatoms. The molecular formula is C14H20ClN. The van der Waals surface area contributed by atoms with Gasteiger partial charge >= 0.3 is 0 Å². The molecule has 0 amide bonds. The van der Waals surface area contributed by atoms with Crippen molar-refractivity contribution < 1.29 is 0 Å². The van der Waals surface area contributed by atoms with E-state index < -0.39 is 0 Å². The maximum Gasteiger partial charge on any atom is 0.0408 e. The number of nitrogens with one attached hydrogen (secondary N) is 1. The molecule has 1 N–H and O–H groups in total. The first-order valence-electron chi connectivity index (χ1n) is 6.03. The third-order valence-electron chi connectivity index (χ3n) is 4.30. The quantitative estimate of drug-likeness (QED) is 0.826. The summed E-state index contributed by atoms with van der Waals surface area (Å²) in [6, 6.07) is 8.34. The zero-order valence-corrected chi connectivity index (χ0v) is 11.1. The molecule has 1 saturated heterocycles. The van der Waals surface area contributed by atoms with E-state index in [9.17, 15) is 0 Å². The Hall–Kier alpha value is -0.530. The zero-order valence-electron chi connectivity index (χ0n) is 10.3. The van der Waals surface area contributed by atoms with Crippen molar-refractivity contribution in [1.82, 2.24) is 5.32 Å². The average Bonchev–Trinajstić information content (AvgIpc) is 2.54.